The van der Waals surface area contributed by atoms with Crippen molar-refractivity contribution in [1.82, 2.24) is 20.9 Å². The van der Waals surface area contributed by atoms with Crippen LogP contribution in [0.4, 0.5) is 9.59 Å². The van der Waals surface area contributed by atoms with Crippen molar-refractivity contribution in [3.05, 3.63) is 46.7 Å². The molecular weight excluding hydrogens is 388 g/mol. The van der Waals surface area contributed by atoms with Crippen molar-refractivity contribution >= 4 is 23.9 Å². The third-order valence-corrected chi connectivity index (χ3v) is 5.83. The Bertz CT molecular complexity index is 972. The smallest absolute Gasteiger partial charge is 0.337 e. The molecule has 9 nitrogen and oxygen atoms in total. The lowest BCUT2D eigenvalue weighted by molar-refractivity contribution is -0.139. The number of hydrogen-bond acceptors (Lipinski definition) is 5. The summed E-state index contributed by atoms with van der Waals surface area (Å²) in [6.07, 6.45) is 2.11. The van der Waals surface area contributed by atoms with Crippen LogP contribution in [0.3, 0.4) is 0 Å². The van der Waals surface area contributed by atoms with Crippen LogP contribution in [0.1, 0.15) is 37.8 Å². The first-order valence-electron chi connectivity index (χ1n) is 10.1. The second-order valence-electron chi connectivity index (χ2n) is 7.67. The van der Waals surface area contributed by atoms with E-state index in [0.29, 0.717) is 6.42 Å². The van der Waals surface area contributed by atoms with Crippen LogP contribution in [0.5, 0.6) is 0 Å². The van der Waals surface area contributed by atoms with Crippen molar-refractivity contribution in [3.63, 3.8) is 0 Å². The SMILES string of the molecule is CCOC(=O)C1=C(CN2C(=O)N[C@]3(CCCc4ccccc43)C2=O)NC(=O)N[C@@H]1C. The number of rotatable bonds is 4. The molecule has 0 bridgehead atoms. The number of carbonyl (C=O) groups is 4. The summed E-state index contributed by atoms with van der Waals surface area (Å²) in [5, 5.41) is 8.05. The molecule has 30 heavy (non-hydrogen) atoms. The van der Waals surface area contributed by atoms with Gasteiger partial charge in [-0.2, -0.15) is 0 Å². The molecule has 1 aromatic rings. The molecule has 2 aliphatic heterocycles. The number of imide groups is 1. The average Bonchev–Trinajstić information content (AvgIpc) is 2.93. The second kappa shape index (κ2) is 7.47. The number of nitrogens with one attached hydrogen (secondary N) is 3. The molecule has 0 unspecified atom stereocenters. The van der Waals surface area contributed by atoms with E-state index >= 15 is 0 Å². The lowest BCUT2D eigenvalue weighted by atomic mass is 9.76. The molecule has 158 valence electrons. The Hall–Kier alpha value is -3.36. The summed E-state index contributed by atoms with van der Waals surface area (Å²) in [6.45, 7) is 3.27. The number of fused-ring (bicyclic) bond motifs is 2. The molecule has 3 N–H and O–H groups in total. The first kappa shape index (κ1) is 19.9. The van der Waals surface area contributed by atoms with Crippen LogP contribution < -0.4 is 16.0 Å². The van der Waals surface area contributed by atoms with E-state index in [1.54, 1.807) is 13.8 Å². The molecule has 1 saturated heterocycles. The van der Waals surface area contributed by atoms with Crippen LogP contribution in [-0.4, -0.2) is 48.0 Å². The van der Waals surface area contributed by atoms with Crippen molar-refractivity contribution in [2.45, 2.75) is 44.7 Å². The van der Waals surface area contributed by atoms with E-state index in [2.05, 4.69) is 16.0 Å². The highest BCUT2D eigenvalue weighted by Gasteiger charge is 2.54. The Morgan fingerprint density at radius 3 is 2.80 bits per heavy atom. The fourth-order valence-electron chi connectivity index (χ4n) is 4.52. The number of urea groups is 2. The zero-order valence-electron chi connectivity index (χ0n) is 16.9. The Kier molecular flexibility index (Phi) is 4.97. The van der Waals surface area contributed by atoms with E-state index in [4.69, 9.17) is 4.74 Å². The summed E-state index contributed by atoms with van der Waals surface area (Å²) in [7, 11) is 0. The average molecular weight is 412 g/mol. The third-order valence-electron chi connectivity index (χ3n) is 5.83. The highest BCUT2D eigenvalue weighted by Crippen LogP contribution is 2.40. The van der Waals surface area contributed by atoms with Crippen LogP contribution in [0.2, 0.25) is 0 Å². The van der Waals surface area contributed by atoms with Gasteiger partial charge in [0.1, 0.15) is 5.54 Å². The number of ether oxygens (including phenoxy) is 1. The maximum atomic E-state index is 13.5. The van der Waals surface area contributed by atoms with Crippen molar-refractivity contribution < 1.29 is 23.9 Å². The molecule has 0 aromatic heterocycles. The van der Waals surface area contributed by atoms with Crippen molar-refractivity contribution in [2.24, 2.45) is 0 Å². The standard InChI is InChI=1S/C21H24N4O5/c1-3-30-17(26)16-12(2)22-19(28)23-15(16)11-25-18(27)21(24-20(25)29)10-6-8-13-7-4-5-9-14(13)21/h4-5,7,9,12H,3,6,8,10-11H2,1-2H3,(H,24,29)(H2,22,23,28)/t12-,21+/m1/s1. The van der Waals surface area contributed by atoms with Crippen LogP contribution in [0.15, 0.2) is 35.5 Å². The minimum Gasteiger partial charge on any atom is -0.463 e. The van der Waals surface area contributed by atoms with Gasteiger partial charge >= 0.3 is 18.0 Å². The van der Waals surface area contributed by atoms with Crippen molar-refractivity contribution in [3.8, 4) is 0 Å². The molecular formula is C21H24N4O5. The number of carbonyl (C=O) groups excluding carboxylic acids is 4. The Morgan fingerprint density at radius 2 is 2.03 bits per heavy atom. The van der Waals surface area contributed by atoms with Gasteiger partial charge in [0.2, 0.25) is 0 Å². The minimum atomic E-state index is -1.11. The molecule has 1 fully saturated rings. The topological polar surface area (TPSA) is 117 Å². The van der Waals surface area contributed by atoms with Crippen LogP contribution >= 0.6 is 0 Å². The number of nitrogens with zero attached hydrogens (tertiary/aromatic N) is 1. The first-order valence-corrected chi connectivity index (χ1v) is 10.1. The van der Waals surface area contributed by atoms with E-state index < -0.39 is 29.6 Å². The van der Waals surface area contributed by atoms with Gasteiger partial charge in [-0.15, -0.1) is 0 Å². The fraction of sp³-hybridized carbons (Fsp3) is 0.429. The van der Waals surface area contributed by atoms with Crippen molar-refractivity contribution in [1.29, 1.82) is 0 Å². The zero-order chi connectivity index (χ0) is 21.5. The molecule has 3 aliphatic rings. The number of benzene rings is 1. The lowest BCUT2D eigenvalue weighted by Gasteiger charge is -2.33. The molecule has 1 aliphatic carbocycles. The van der Waals surface area contributed by atoms with Gasteiger partial charge in [0, 0.05) is 0 Å². The van der Waals surface area contributed by atoms with Crippen LogP contribution in [0.25, 0.3) is 0 Å². The molecule has 5 amide bonds. The number of amides is 5. The Balaban J connectivity index is 1.69. The Morgan fingerprint density at radius 1 is 1.27 bits per heavy atom. The van der Waals surface area contributed by atoms with Gasteiger partial charge in [0.25, 0.3) is 5.91 Å². The van der Waals surface area contributed by atoms with Crippen LogP contribution in [-0.2, 0) is 26.3 Å². The predicted octanol–water partition coefficient (Wildman–Crippen LogP) is 1.29. The zero-order valence-corrected chi connectivity index (χ0v) is 16.9. The van der Waals surface area contributed by atoms with Gasteiger partial charge in [-0.3, -0.25) is 9.69 Å². The fourth-order valence-corrected chi connectivity index (χ4v) is 4.52. The highest BCUT2D eigenvalue weighted by molar-refractivity contribution is 6.08. The van der Waals surface area contributed by atoms with Gasteiger partial charge in [0.05, 0.1) is 30.5 Å². The van der Waals surface area contributed by atoms with E-state index in [0.717, 1.165) is 28.9 Å². The molecule has 1 spiro atoms. The summed E-state index contributed by atoms with van der Waals surface area (Å²) in [5.74, 6) is -0.979. The van der Waals surface area contributed by atoms with Crippen molar-refractivity contribution in [2.75, 3.05) is 13.2 Å². The summed E-state index contributed by atoms with van der Waals surface area (Å²) in [4.78, 5) is 51.8. The van der Waals surface area contributed by atoms with Gasteiger partial charge in [-0.25, -0.2) is 14.4 Å². The predicted molar refractivity (Wildman–Crippen MR) is 106 cm³/mol. The van der Waals surface area contributed by atoms with Gasteiger partial charge in [0.15, 0.2) is 0 Å². The Labute approximate surface area is 173 Å². The molecule has 1 aromatic carbocycles. The van der Waals surface area contributed by atoms with Crippen LogP contribution in [0, 0.1) is 0 Å². The molecule has 2 heterocycles. The summed E-state index contributed by atoms with van der Waals surface area (Å²) in [6, 6.07) is 5.94. The normalized spacial score (nSPS) is 25.6. The molecule has 2 atom stereocenters. The second-order valence-corrected chi connectivity index (χ2v) is 7.67. The summed E-state index contributed by atoms with van der Waals surface area (Å²) in [5.41, 5.74) is 1.12. The highest BCUT2D eigenvalue weighted by atomic mass is 16.5. The number of hydrogen-bond donors (Lipinski definition) is 3. The minimum absolute atomic E-state index is 0.166. The van der Waals surface area contributed by atoms with E-state index in [1.165, 1.54) is 0 Å². The van der Waals surface area contributed by atoms with E-state index in [9.17, 15) is 19.2 Å². The van der Waals surface area contributed by atoms with E-state index in [-0.39, 0.29) is 30.3 Å². The molecule has 0 saturated carbocycles. The van der Waals surface area contributed by atoms with Gasteiger partial charge < -0.3 is 20.7 Å². The first-order chi connectivity index (χ1) is 14.4. The summed E-state index contributed by atoms with van der Waals surface area (Å²) >= 11 is 0. The molecule has 9 heteroatoms. The largest absolute Gasteiger partial charge is 0.463 e. The molecule has 4 rings (SSSR count). The quantitative estimate of drug-likeness (QED) is 0.509. The maximum absolute atomic E-state index is 13.5. The number of aryl methyl sites for hydroxylation is 1. The third kappa shape index (κ3) is 3.10. The monoisotopic (exact) mass is 412 g/mol. The number of esters is 1. The maximum Gasteiger partial charge on any atom is 0.337 e. The van der Waals surface area contributed by atoms with Gasteiger partial charge in [-0.1, -0.05) is 24.3 Å². The van der Waals surface area contributed by atoms with Gasteiger partial charge in [-0.05, 0) is 44.2 Å². The molecule has 0 radical (unpaired) electrons. The van der Waals surface area contributed by atoms with E-state index in [1.807, 2.05) is 24.3 Å². The summed E-state index contributed by atoms with van der Waals surface area (Å²) < 4.78 is 5.10. The lowest BCUT2D eigenvalue weighted by Crippen LogP contribution is -2.52.